The third-order valence-electron chi connectivity index (χ3n) is 4.14. The monoisotopic (exact) mass is 395 g/mol. The van der Waals surface area contributed by atoms with E-state index in [-0.39, 0.29) is 11.4 Å². The van der Waals surface area contributed by atoms with Crippen LogP contribution in [0.15, 0.2) is 53.4 Å². The van der Waals surface area contributed by atoms with Crippen LogP contribution >= 0.6 is 0 Å². The smallest absolute Gasteiger partial charge is 0.323 e. The Bertz CT molecular complexity index is 1050. The van der Waals surface area contributed by atoms with E-state index in [9.17, 15) is 13.2 Å². The van der Waals surface area contributed by atoms with Crippen LogP contribution in [-0.2, 0) is 19.6 Å². The van der Waals surface area contributed by atoms with Gasteiger partial charge in [-0.3, -0.25) is 4.79 Å². The maximum absolute atomic E-state index is 13.1. The van der Waals surface area contributed by atoms with Gasteiger partial charge in [0.15, 0.2) is 0 Å². The lowest BCUT2D eigenvalue weighted by molar-refractivity contribution is -0.144. The number of benzene rings is 2. The molecule has 0 radical (unpaired) electrons. The Labute approximate surface area is 166 Å². The summed E-state index contributed by atoms with van der Waals surface area (Å²) < 4.78 is 31.9. The van der Waals surface area contributed by atoms with Gasteiger partial charge in [-0.25, -0.2) is 8.42 Å². The van der Waals surface area contributed by atoms with Crippen LogP contribution in [0.1, 0.15) is 23.6 Å². The largest absolute Gasteiger partial charge is 0.468 e. The Morgan fingerprint density at radius 1 is 1.14 bits per heavy atom. The van der Waals surface area contributed by atoms with E-state index in [2.05, 4.69) is 17.8 Å². The van der Waals surface area contributed by atoms with Crippen molar-refractivity contribution in [2.75, 3.05) is 13.7 Å². The molecule has 1 atom stereocenters. The second-order valence-electron chi connectivity index (χ2n) is 6.05. The molecule has 2 rings (SSSR count). The first-order valence-electron chi connectivity index (χ1n) is 8.52. The van der Waals surface area contributed by atoms with Gasteiger partial charge in [-0.15, -0.1) is 6.42 Å². The Balaban J connectivity index is 2.41. The zero-order chi connectivity index (χ0) is 20.7. The number of ether oxygens (including phenoxy) is 1. The lowest BCUT2D eigenvalue weighted by atomic mass is 10.1. The van der Waals surface area contributed by atoms with E-state index in [1.807, 2.05) is 6.92 Å². The van der Waals surface area contributed by atoms with Crippen LogP contribution in [0.3, 0.4) is 0 Å². The van der Waals surface area contributed by atoms with E-state index < -0.39 is 22.0 Å². The van der Waals surface area contributed by atoms with Crippen LogP contribution in [0.5, 0.6) is 0 Å². The minimum absolute atomic E-state index is 0.0830. The average Bonchev–Trinajstić information content (AvgIpc) is 2.70. The zero-order valence-corrected chi connectivity index (χ0v) is 16.8. The molecule has 0 saturated carbocycles. The Hall–Kier alpha value is -3.06. The highest BCUT2D eigenvalue weighted by atomic mass is 32.2. The highest BCUT2D eigenvalue weighted by Gasteiger charge is 2.33. The first kappa shape index (κ1) is 21.2. The lowest BCUT2D eigenvalue weighted by Gasteiger charge is -2.24. The number of carbonyl (C=O) groups excluding carboxylic acids is 1. The first-order valence-corrected chi connectivity index (χ1v) is 9.96. The number of nitrogens with zero attached hydrogens (tertiary/aromatic N) is 1. The summed E-state index contributed by atoms with van der Waals surface area (Å²) in [7, 11) is -2.74. The summed E-state index contributed by atoms with van der Waals surface area (Å²) in [6.45, 7) is 3.14. The van der Waals surface area contributed by atoms with Gasteiger partial charge in [0.25, 0.3) is 0 Å². The molecule has 0 aliphatic heterocycles. The standard InChI is InChI=1S/C22H21NO4S/c1-5-19-9-6-7-10-20(19)11-8-16-23(18(3)22(24)27-4)28(25,26)21-14-12-17(2)13-15-21/h1,6-7,9-10,12-15,18H,16H2,2-4H3/t18-/m1/s1. The van der Waals surface area contributed by atoms with Crippen molar-refractivity contribution in [1.82, 2.24) is 4.31 Å². The van der Waals surface area contributed by atoms with Gasteiger partial charge in [0, 0.05) is 11.1 Å². The Morgan fingerprint density at radius 3 is 2.32 bits per heavy atom. The van der Waals surface area contributed by atoms with Gasteiger partial charge in [-0.2, -0.15) is 4.31 Å². The molecule has 2 aromatic carbocycles. The fourth-order valence-electron chi connectivity index (χ4n) is 2.49. The minimum Gasteiger partial charge on any atom is -0.468 e. The zero-order valence-electron chi connectivity index (χ0n) is 16.0. The number of carbonyl (C=O) groups is 1. The normalized spacial score (nSPS) is 11.8. The number of hydrogen-bond acceptors (Lipinski definition) is 4. The number of rotatable bonds is 5. The highest BCUT2D eigenvalue weighted by Crippen LogP contribution is 2.19. The molecule has 0 N–H and O–H groups in total. The topological polar surface area (TPSA) is 63.7 Å². The molecule has 0 unspecified atom stereocenters. The third-order valence-corrected chi connectivity index (χ3v) is 6.07. The molecule has 0 bridgehead atoms. The molecule has 0 amide bonds. The van der Waals surface area contributed by atoms with Gasteiger partial charge in [0.2, 0.25) is 10.0 Å². The summed E-state index contributed by atoms with van der Waals surface area (Å²) in [5.41, 5.74) is 2.16. The summed E-state index contributed by atoms with van der Waals surface area (Å²) in [5, 5.41) is 0. The molecule has 28 heavy (non-hydrogen) atoms. The Kier molecular flexibility index (Phi) is 7.00. The quantitative estimate of drug-likeness (QED) is 0.577. The molecule has 0 heterocycles. The van der Waals surface area contributed by atoms with Crippen molar-refractivity contribution >= 4 is 16.0 Å². The molecule has 0 aliphatic carbocycles. The summed E-state index contributed by atoms with van der Waals surface area (Å²) in [6, 6.07) is 12.5. The molecule has 6 heteroatoms. The highest BCUT2D eigenvalue weighted by molar-refractivity contribution is 7.89. The van der Waals surface area contributed by atoms with E-state index in [1.165, 1.54) is 26.2 Å². The molecule has 0 fully saturated rings. The van der Waals surface area contributed by atoms with Gasteiger partial charge >= 0.3 is 5.97 Å². The van der Waals surface area contributed by atoms with E-state index >= 15 is 0 Å². The van der Waals surface area contributed by atoms with E-state index in [1.54, 1.807) is 36.4 Å². The molecule has 0 aliphatic rings. The summed E-state index contributed by atoms with van der Waals surface area (Å²) >= 11 is 0. The van der Waals surface area contributed by atoms with Crippen molar-refractivity contribution < 1.29 is 17.9 Å². The predicted molar refractivity (Wildman–Crippen MR) is 108 cm³/mol. The molecular weight excluding hydrogens is 374 g/mol. The van der Waals surface area contributed by atoms with E-state index in [0.717, 1.165) is 9.87 Å². The van der Waals surface area contributed by atoms with Crippen LogP contribution in [0, 0.1) is 31.1 Å². The van der Waals surface area contributed by atoms with Crippen molar-refractivity contribution in [2.24, 2.45) is 0 Å². The van der Waals surface area contributed by atoms with Crippen LogP contribution in [0.2, 0.25) is 0 Å². The maximum Gasteiger partial charge on any atom is 0.323 e. The molecule has 0 saturated heterocycles. The second kappa shape index (κ2) is 9.23. The number of methoxy groups -OCH3 is 1. The fraction of sp³-hybridized carbons (Fsp3) is 0.227. The van der Waals surface area contributed by atoms with Crippen molar-refractivity contribution in [1.29, 1.82) is 0 Å². The number of sulfonamides is 1. The minimum atomic E-state index is -3.95. The third kappa shape index (κ3) is 4.80. The SMILES string of the molecule is C#Cc1ccccc1C#CCN([C@H](C)C(=O)OC)S(=O)(=O)c1ccc(C)cc1. The number of esters is 1. The van der Waals surface area contributed by atoms with Gasteiger partial charge in [0.05, 0.1) is 18.6 Å². The van der Waals surface area contributed by atoms with Crippen LogP contribution in [0.4, 0.5) is 0 Å². The van der Waals surface area contributed by atoms with E-state index in [4.69, 9.17) is 11.2 Å². The Morgan fingerprint density at radius 2 is 1.75 bits per heavy atom. The van der Waals surface area contributed by atoms with Crippen molar-refractivity contribution in [2.45, 2.75) is 24.8 Å². The molecule has 5 nitrogen and oxygen atoms in total. The number of terminal acetylenes is 1. The van der Waals surface area contributed by atoms with Crippen molar-refractivity contribution in [3.8, 4) is 24.2 Å². The van der Waals surface area contributed by atoms with Crippen LogP contribution < -0.4 is 0 Å². The van der Waals surface area contributed by atoms with Crippen LogP contribution in [0.25, 0.3) is 0 Å². The van der Waals surface area contributed by atoms with Gasteiger partial charge in [-0.1, -0.05) is 47.6 Å². The molecule has 0 spiro atoms. The van der Waals surface area contributed by atoms with Gasteiger partial charge in [-0.05, 0) is 38.1 Å². The summed E-state index contributed by atoms with van der Waals surface area (Å²) in [4.78, 5) is 12.1. The number of aryl methyl sites for hydroxylation is 1. The van der Waals surface area contributed by atoms with Gasteiger partial charge in [0.1, 0.15) is 6.04 Å². The average molecular weight is 395 g/mol. The van der Waals surface area contributed by atoms with Crippen molar-refractivity contribution in [3.05, 3.63) is 65.2 Å². The molecule has 2 aromatic rings. The summed E-state index contributed by atoms with van der Waals surface area (Å²) in [6.07, 6.45) is 5.46. The molecule has 0 aromatic heterocycles. The lowest BCUT2D eigenvalue weighted by Crippen LogP contribution is -2.44. The van der Waals surface area contributed by atoms with Gasteiger partial charge < -0.3 is 4.74 Å². The van der Waals surface area contributed by atoms with E-state index in [0.29, 0.717) is 11.1 Å². The fourth-order valence-corrected chi connectivity index (χ4v) is 3.98. The van der Waals surface area contributed by atoms with Crippen LogP contribution in [-0.4, -0.2) is 38.4 Å². The molecular formula is C22H21NO4S. The molecule has 144 valence electrons. The van der Waals surface area contributed by atoms with Crippen molar-refractivity contribution in [3.63, 3.8) is 0 Å². The second-order valence-corrected chi connectivity index (χ2v) is 7.94. The maximum atomic E-state index is 13.1. The number of hydrogen-bond donors (Lipinski definition) is 0. The predicted octanol–water partition coefficient (Wildman–Crippen LogP) is 2.58. The first-order chi connectivity index (χ1) is 13.3. The summed E-state index contributed by atoms with van der Waals surface area (Å²) in [5.74, 6) is 7.58.